The number of nitrogens with zero attached hydrogens (tertiary/aromatic N) is 3. The fourth-order valence-corrected chi connectivity index (χ4v) is 1.83. The Morgan fingerprint density at radius 1 is 1.47 bits per heavy atom. The number of carbonyl (C=O) groups excluding carboxylic acids is 1. The molecule has 0 aromatic carbocycles. The lowest BCUT2D eigenvalue weighted by Crippen LogP contribution is -2.11. The standard InChI is InChI=1S/C9H8ClN5OS/c1-11-8-6(10)2-5(3-12-8)9(16)14-7-4-13-15-17-7/h2-4H,1H3,(H,11,12)(H,14,16). The molecule has 0 aliphatic rings. The quantitative estimate of drug-likeness (QED) is 0.889. The molecule has 0 atom stereocenters. The molecule has 8 heteroatoms. The Balaban J connectivity index is 2.17. The van der Waals surface area contributed by atoms with E-state index in [1.54, 1.807) is 13.1 Å². The molecule has 0 unspecified atom stereocenters. The van der Waals surface area contributed by atoms with E-state index in [0.717, 1.165) is 11.5 Å². The van der Waals surface area contributed by atoms with Gasteiger partial charge < -0.3 is 10.6 Å². The zero-order chi connectivity index (χ0) is 12.3. The zero-order valence-electron chi connectivity index (χ0n) is 8.77. The molecule has 2 aromatic rings. The average molecular weight is 270 g/mol. The van der Waals surface area contributed by atoms with E-state index in [1.165, 1.54) is 12.4 Å². The van der Waals surface area contributed by atoms with Crippen LogP contribution in [-0.2, 0) is 0 Å². The Labute approximate surface area is 106 Å². The lowest BCUT2D eigenvalue weighted by Gasteiger charge is -2.05. The van der Waals surface area contributed by atoms with Gasteiger partial charge in [-0.15, -0.1) is 5.10 Å². The third-order valence-electron chi connectivity index (χ3n) is 1.94. The lowest BCUT2D eigenvalue weighted by molar-refractivity contribution is 0.102. The van der Waals surface area contributed by atoms with Gasteiger partial charge >= 0.3 is 0 Å². The van der Waals surface area contributed by atoms with Crippen molar-refractivity contribution in [2.24, 2.45) is 0 Å². The van der Waals surface area contributed by atoms with Gasteiger partial charge in [0, 0.05) is 24.8 Å². The highest BCUT2D eigenvalue weighted by Crippen LogP contribution is 2.20. The summed E-state index contributed by atoms with van der Waals surface area (Å²) in [6.45, 7) is 0. The van der Waals surface area contributed by atoms with Crippen LogP contribution in [-0.4, -0.2) is 27.5 Å². The third kappa shape index (κ3) is 2.69. The number of hydrogen-bond donors (Lipinski definition) is 2. The van der Waals surface area contributed by atoms with Crippen molar-refractivity contribution in [3.8, 4) is 0 Å². The van der Waals surface area contributed by atoms with E-state index < -0.39 is 0 Å². The van der Waals surface area contributed by atoms with Gasteiger partial charge in [-0.2, -0.15) is 0 Å². The molecule has 1 amide bonds. The van der Waals surface area contributed by atoms with E-state index in [1.807, 2.05) is 0 Å². The summed E-state index contributed by atoms with van der Waals surface area (Å²) in [6, 6.07) is 1.55. The van der Waals surface area contributed by atoms with Crippen LogP contribution in [0.3, 0.4) is 0 Å². The van der Waals surface area contributed by atoms with Gasteiger partial charge in [0.2, 0.25) is 0 Å². The summed E-state index contributed by atoms with van der Waals surface area (Å²) in [4.78, 5) is 15.8. The van der Waals surface area contributed by atoms with E-state index >= 15 is 0 Å². The van der Waals surface area contributed by atoms with Crippen molar-refractivity contribution in [1.82, 2.24) is 14.6 Å². The highest BCUT2D eigenvalue weighted by Gasteiger charge is 2.10. The number of carbonyl (C=O) groups is 1. The molecule has 0 spiro atoms. The van der Waals surface area contributed by atoms with Crippen LogP contribution in [0.2, 0.25) is 5.02 Å². The highest BCUT2D eigenvalue weighted by atomic mass is 35.5. The monoisotopic (exact) mass is 269 g/mol. The minimum atomic E-state index is -0.298. The van der Waals surface area contributed by atoms with Gasteiger partial charge in [-0.25, -0.2) is 4.98 Å². The highest BCUT2D eigenvalue weighted by molar-refractivity contribution is 7.10. The SMILES string of the molecule is CNc1ncc(C(=O)Nc2cnns2)cc1Cl. The van der Waals surface area contributed by atoms with E-state index in [-0.39, 0.29) is 5.91 Å². The second-order valence-electron chi connectivity index (χ2n) is 3.04. The van der Waals surface area contributed by atoms with Crippen LogP contribution in [0.5, 0.6) is 0 Å². The molecule has 0 saturated heterocycles. The Morgan fingerprint density at radius 2 is 2.29 bits per heavy atom. The van der Waals surface area contributed by atoms with Crippen LogP contribution in [0, 0.1) is 0 Å². The van der Waals surface area contributed by atoms with Gasteiger partial charge in [-0.05, 0) is 6.07 Å². The van der Waals surface area contributed by atoms with Gasteiger partial charge in [-0.3, -0.25) is 4.79 Å². The van der Waals surface area contributed by atoms with Crippen molar-refractivity contribution in [3.63, 3.8) is 0 Å². The number of aromatic nitrogens is 3. The summed E-state index contributed by atoms with van der Waals surface area (Å²) >= 11 is 7.03. The summed E-state index contributed by atoms with van der Waals surface area (Å²) in [6.07, 6.45) is 2.92. The Bertz CT molecular complexity index is 530. The predicted octanol–water partition coefficient (Wildman–Crippen LogP) is 1.88. The minimum Gasteiger partial charge on any atom is -0.372 e. The van der Waals surface area contributed by atoms with Crippen molar-refractivity contribution in [2.75, 3.05) is 17.7 Å². The van der Waals surface area contributed by atoms with Crippen LogP contribution < -0.4 is 10.6 Å². The number of hydrogen-bond acceptors (Lipinski definition) is 6. The third-order valence-corrected chi connectivity index (χ3v) is 2.81. The first-order valence-electron chi connectivity index (χ1n) is 4.62. The van der Waals surface area contributed by atoms with Gasteiger partial charge in [0.1, 0.15) is 10.8 Å². The molecule has 0 aliphatic carbocycles. The van der Waals surface area contributed by atoms with Gasteiger partial charge in [0.25, 0.3) is 5.91 Å². The molecule has 2 N–H and O–H groups in total. The fourth-order valence-electron chi connectivity index (χ4n) is 1.15. The maximum Gasteiger partial charge on any atom is 0.257 e. The smallest absolute Gasteiger partial charge is 0.257 e. The molecule has 0 aliphatic heterocycles. The second kappa shape index (κ2) is 5.07. The number of halogens is 1. The first-order valence-corrected chi connectivity index (χ1v) is 5.78. The topological polar surface area (TPSA) is 79.8 Å². The molecule has 2 aromatic heterocycles. The number of pyridine rings is 1. The molecular weight excluding hydrogens is 262 g/mol. The molecule has 0 radical (unpaired) electrons. The molecule has 2 rings (SSSR count). The Hall–Kier alpha value is -1.73. The largest absolute Gasteiger partial charge is 0.372 e. The fraction of sp³-hybridized carbons (Fsp3) is 0.111. The predicted molar refractivity (Wildman–Crippen MR) is 66.7 cm³/mol. The Kier molecular flexibility index (Phi) is 3.50. The molecule has 6 nitrogen and oxygen atoms in total. The van der Waals surface area contributed by atoms with Crippen LogP contribution in [0.1, 0.15) is 10.4 Å². The lowest BCUT2D eigenvalue weighted by atomic mass is 10.2. The summed E-state index contributed by atoms with van der Waals surface area (Å²) in [5.41, 5.74) is 0.377. The van der Waals surface area contributed by atoms with Crippen LogP contribution in [0.15, 0.2) is 18.5 Å². The summed E-state index contributed by atoms with van der Waals surface area (Å²) in [5, 5.41) is 10.0. The average Bonchev–Trinajstić information content (AvgIpc) is 2.81. The molecule has 17 heavy (non-hydrogen) atoms. The zero-order valence-corrected chi connectivity index (χ0v) is 10.3. The Morgan fingerprint density at radius 3 is 2.88 bits per heavy atom. The number of rotatable bonds is 3. The molecule has 0 saturated carbocycles. The van der Waals surface area contributed by atoms with Crippen molar-refractivity contribution < 1.29 is 4.79 Å². The van der Waals surface area contributed by atoms with Crippen molar-refractivity contribution in [1.29, 1.82) is 0 Å². The first kappa shape index (κ1) is 11.7. The normalized spacial score (nSPS) is 10.0. The van der Waals surface area contributed by atoms with E-state index in [0.29, 0.717) is 21.4 Å². The number of amides is 1. The van der Waals surface area contributed by atoms with Crippen LogP contribution in [0.25, 0.3) is 0 Å². The van der Waals surface area contributed by atoms with Crippen molar-refractivity contribution in [3.05, 3.63) is 29.0 Å². The maximum absolute atomic E-state index is 11.8. The van der Waals surface area contributed by atoms with Crippen LogP contribution in [0.4, 0.5) is 10.8 Å². The van der Waals surface area contributed by atoms with Crippen LogP contribution >= 0.6 is 23.1 Å². The summed E-state index contributed by atoms with van der Waals surface area (Å²) in [7, 11) is 1.71. The first-order chi connectivity index (χ1) is 8.20. The van der Waals surface area contributed by atoms with E-state index in [4.69, 9.17) is 11.6 Å². The van der Waals surface area contributed by atoms with E-state index in [9.17, 15) is 4.79 Å². The molecule has 88 valence electrons. The van der Waals surface area contributed by atoms with E-state index in [2.05, 4.69) is 25.2 Å². The van der Waals surface area contributed by atoms with Crippen molar-refractivity contribution in [2.45, 2.75) is 0 Å². The number of anilines is 2. The van der Waals surface area contributed by atoms with Gasteiger partial charge in [0.05, 0.1) is 16.8 Å². The van der Waals surface area contributed by atoms with Crippen molar-refractivity contribution >= 4 is 39.9 Å². The molecule has 0 fully saturated rings. The number of nitrogens with one attached hydrogen (secondary N) is 2. The molecule has 0 bridgehead atoms. The van der Waals surface area contributed by atoms with Gasteiger partial charge in [-0.1, -0.05) is 16.1 Å². The summed E-state index contributed by atoms with van der Waals surface area (Å²) in [5.74, 6) is 0.232. The maximum atomic E-state index is 11.8. The minimum absolute atomic E-state index is 0.298. The second-order valence-corrected chi connectivity index (χ2v) is 4.23. The molecule has 2 heterocycles. The van der Waals surface area contributed by atoms with Gasteiger partial charge in [0.15, 0.2) is 0 Å². The molecular formula is C9H8ClN5OS. The summed E-state index contributed by atoms with van der Waals surface area (Å²) < 4.78 is 3.64.